The number of ether oxygens (including phenoxy) is 3. The molecule has 0 fully saturated rings. The molecule has 6 rings (SSSR count). The number of nitrogens with zero attached hydrogens (tertiary/aromatic N) is 2. The van der Waals surface area contributed by atoms with Gasteiger partial charge in [-0.2, -0.15) is 0 Å². The van der Waals surface area contributed by atoms with Gasteiger partial charge in [0.2, 0.25) is 0 Å². The quantitative estimate of drug-likeness (QED) is 0.157. The van der Waals surface area contributed by atoms with Crippen molar-refractivity contribution in [2.24, 2.45) is 0 Å². The summed E-state index contributed by atoms with van der Waals surface area (Å²) in [6, 6.07) is 14.1. The molecule has 2 aliphatic rings. The van der Waals surface area contributed by atoms with E-state index < -0.39 is 17.5 Å². The first kappa shape index (κ1) is 27.7. The van der Waals surface area contributed by atoms with E-state index in [1.807, 2.05) is 19.1 Å². The van der Waals surface area contributed by atoms with Crippen LogP contribution in [0.2, 0.25) is 0 Å². The fraction of sp³-hybridized carbons (Fsp3) is 0.333. The van der Waals surface area contributed by atoms with Crippen LogP contribution in [0.5, 0.6) is 11.5 Å². The molecule has 0 radical (unpaired) electrons. The first-order valence-electron chi connectivity index (χ1n) is 14.4. The topological polar surface area (TPSA) is 117 Å². The highest BCUT2D eigenvalue weighted by Crippen LogP contribution is 2.40. The fourth-order valence-electron chi connectivity index (χ4n) is 5.65. The Morgan fingerprint density at radius 3 is 2.60 bits per heavy atom. The van der Waals surface area contributed by atoms with Crippen LogP contribution >= 0.6 is 0 Å². The van der Waals surface area contributed by atoms with Gasteiger partial charge in [-0.25, -0.2) is 14.6 Å². The third-order valence-corrected chi connectivity index (χ3v) is 8.16. The van der Waals surface area contributed by atoms with Crippen LogP contribution in [0.3, 0.4) is 0 Å². The van der Waals surface area contributed by atoms with Gasteiger partial charge >= 0.3 is 11.9 Å². The van der Waals surface area contributed by atoms with E-state index in [1.54, 1.807) is 47.9 Å². The Bertz CT molecular complexity index is 1790. The van der Waals surface area contributed by atoms with Crippen molar-refractivity contribution in [3.05, 3.63) is 86.7 Å². The normalized spacial score (nSPS) is 16.9. The summed E-state index contributed by atoms with van der Waals surface area (Å²) in [5.41, 5.74) is 2.22. The molecular weight excluding hydrogens is 536 g/mol. The lowest BCUT2D eigenvalue weighted by molar-refractivity contribution is -0.172. The van der Waals surface area contributed by atoms with E-state index in [4.69, 9.17) is 19.2 Å². The van der Waals surface area contributed by atoms with Crippen molar-refractivity contribution in [3.63, 3.8) is 0 Å². The number of hydrogen-bond donors (Lipinski definition) is 1. The maximum atomic E-state index is 13.5. The number of fused-ring (bicyclic) bond motifs is 5. The molecule has 9 heteroatoms. The fourth-order valence-corrected chi connectivity index (χ4v) is 5.65. The van der Waals surface area contributed by atoms with Gasteiger partial charge < -0.3 is 23.9 Å². The third kappa shape index (κ3) is 4.44. The van der Waals surface area contributed by atoms with Crippen molar-refractivity contribution in [2.75, 3.05) is 6.61 Å². The van der Waals surface area contributed by atoms with Crippen LogP contribution in [-0.2, 0) is 34.7 Å². The number of esters is 2. The Hall–Kier alpha value is -4.50. The Balaban J connectivity index is 1.38. The molecule has 0 spiro atoms. The number of hydrogen-bond acceptors (Lipinski definition) is 8. The number of cyclic esters (lactones) is 1. The number of carbonyl (C=O) groups is 2. The van der Waals surface area contributed by atoms with E-state index >= 15 is 0 Å². The lowest BCUT2D eigenvalue weighted by atomic mass is 9.86. The monoisotopic (exact) mass is 568 g/mol. The van der Waals surface area contributed by atoms with Gasteiger partial charge in [-0.1, -0.05) is 33.3 Å². The Labute approximate surface area is 242 Å². The molecule has 2 aromatic carbocycles. The molecule has 216 valence electrons. The molecule has 1 atom stereocenters. The molecule has 0 saturated heterocycles. The van der Waals surface area contributed by atoms with Crippen LogP contribution in [0, 0.1) is 0 Å². The lowest BCUT2D eigenvalue weighted by Crippen LogP contribution is -2.44. The number of aryl methyl sites for hydroxylation is 1. The molecule has 0 unspecified atom stereocenters. The van der Waals surface area contributed by atoms with Crippen molar-refractivity contribution < 1.29 is 28.9 Å². The van der Waals surface area contributed by atoms with Crippen LogP contribution in [0.25, 0.3) is 22.3 Å². The van der Waals surface area contributed by atoms with Crippen molar-refractivity contribution in [3.8, 4) is 22.9 Å². The summed E-state index contributed by atoms with van der Waals surface area (Å²) in [7, 11) is 0. The number of rotatable bonds is 8. The Kier molecular flexibility index (Phi) is 7.06. The van der Waals surface area contributed by atoms with Crippen molar-refractivity contribution >= 4 is 22.8 Å². The predicted molar refractivity (Wildman–Crippen MR) is 156 cm³/mol. The first-order valence-corrected chi connectivity index (χ1v) is 14.4. The van der Waals surface area contributed by atoms with E-state index in [9.17, 15) is 19.5 Å². The van der Waals surface area contributed by atoms with Gasteiger partial charge in [0.25, 0.3) is 5.56 Å². The van der Waals surface area contributed by atoms with Crippen LogP contribution < -0.4 is 15.0 Å². The summed E-state index contributed by atoms with van der Waals surface area (Å²) >= 11 is 0. The van der Waals surface area contributed by atoms with Crippen LogP contribution in [0.15, 0.2) is 53.3 Å². The van der Waals surface area contributed by atoms with E-state index in [1.165, 1.54) is 0 Å². The molecule has 0 bridgehead atoms. The highest BCUT2D eigenvalue weighted by Gasteiger charge is 2.45. The molecule has 0 saturated carbocycles. The maximum absolute atomic E-state index is 13.5. The third-order valence-electron chi connectivity index (χ3n) is 8.16. The second kappa shape index (κ2) is 10.7. The molecule has 2 aromatic heterocycles. The molecular formula is C33H32N2O7. The SMILES string of the molecule is CCCCOc1ccc(C(=O)Oc2ccc(CC)c3nc4c(cc23)Cn2c-4cc3c(c2=O)COC(=O)[C@]3(O)CC)cc1. The van der Waals surface area contributed by atoms with E-state index in [2.05, 4.69) is 6.92 Å². The minimum Gasteiger partial charge on any atom is -0.494 e. The second-order valence-electron chi connectivity index (χ2n) is 10.7. The highest BCUT2D eigenvalue weighted by molar-refractivity contribution is 5.97. The standard InChI is InChI=1S/C33H32N2O7/c1-4-7-14-40-22-11-8-20(9-12-22)31(37)42-27-13-10-19(5-2)28-23(27)15-21-17-35-26(29(21)34-28)16-25-24(30(35)36)18-41-32(38)33(25,39)6-3/h8-13,15-16,39H,4-7,14,17-18H2,1-3H3/t33-/m0/s1. The molecule has 2 aliphatic heterocycles. The van der Waals surface area contributed by atoms with Gasteiger partial charge in [0.1, 0.15) is 18.1 Å². The summed E-state index contributed by atoms with van der Waals surface area (Å²) in [5.74, 6) is -0.197. The molecule has 0 aliphatic carbocycles. The number of carbonyl (C=O) groups excluding carboxylic acids is 2. The largest absolute Gasteiger partial charge is 0.494 e. The van der Waals surface area contributed by atoms with Gasteiger partial charge in [0.05, 0.1) is 41.2 Å². The molecule has 9 nitrogen and oxygen atoms in total. The van der Waals surface area contributed by atoms with Gasteiger partial charge in [-0.05, 0) is 67.3 Å². The second-order valence-corrected chi connectivity index (χ2v) is 10.7. The van der Waals surface area contributed by atoms with Gasteiger partial charge in [-0.15, -0.1) is 0 Å². The maximum Gasteiger partial charge on any atom is 0.343 e. The van der Waals surface area contributed by atoms with E-state index in [-0.39, 0.29) is 36.3 Å². The summed E-state index contributed by atoms with van der Waals surface area (Å²) in [4.78, 5) is 44.1. The van der Waals surface area contributed by atoms with E-state index in [0.717, 1.165) is 24.0 Å². The van der Waals surface area contributed by atoms with Crippen LogP contribution in [0.4, 0.5) is 0 Å². The number of pyridine rings is 2. The van der Waals surface area contributed by atoms with Crippen molar-refractivity contribution in [1.29, 1.82) is 0 Å². The van der Waals surface area contributed by atoms with Crippen molar-refractivity contribution in [1.82, 2.24) is 9.55 Å². The Morgan fingerprint density at radius 2 is 1.88 bits per heavy atom. The lowest BCUT2D eigenvalue weighted by Gasteiger charge is -2.31. The molecule has 0 amide bonds. The smallest absolute Gasteiger partial charge is 0.343 e. The number of unbranched alkanes of at least 4 members (excludes halogenated alkanes) is 1. The zero-order chi connectivity index (χ0) is 29.6. The van der Waals surface area contributed by atoms with Crippen LogP contribution in [-0.4, -0.2) is 33.2 Å². The first-order chi connectivity index (χ1) is 20.3. The zero-order valence-electron chi connectivity index (χ0n) is 23.9. The van der Waals surface area contributed by atoms with Gasteiger partial charge in [0.15, 0.2) is 5.60 Å². The highest BCUT2D eigenvalue weighted by atomic mass is 16.6. The minimum absolute atomic E-state index is 0.0725. The molecule has 4 aromatic rings. The molecule has 1 N–H and O–H groups in total. The number of aromatic nitrogens is 2. The summed E-state index contributed by atoms with van der Waals surface area (Å²) < 4.78 is 18.3. The minimum atomic E-state index is -1.89. The predicted octanol–water partition coefficient (Wildman–Crippen LogP) is 5.04. The summed E-state index contributed by atoms with van der Waals surface area (Å²) in [6.45, 7) is 6.47. The number of aliphatic hydroxyl groups is 1. The van der Waals surface area contributed by atoms with Gasteiger partial charge in [0, 0.05) is 16.5 Å². The van der Waals surface area contributed by atoms with E-state index in [0.29, 0.717) is 52.4 Å². The average Bonchev–Trinajstić information content (AvgIpc) is 3.37. The van der Waals surface area contributed by atoms with Crippen molar-refractivity contribution in [2.45, 2.75) is 65.2 Å². The zero-order valence-corrected chi connectivity index (χ0v) is 23.9. The summed E-state index contributed by atoms with van der Waals surface area (Å²) in [5, 5.41) is 11.8. The molecule has 4 heterocycles. The summed E-state index contributed by atoms with van der Waals surface area (Å²) in [6.07, 6.45) is 2.76. The average molecular weight is 569 g/mol. The van der Waals surface area contributed by atoms with Gasteiger partial charge in [-0.3, -0.25) is 4.79 Å². The molecule has 42 heavy (non-hydrogen) atoms. The van der Waals surface area contributed by atoms with Crippen LogP contribution in [0.1, 0.15) is 72.6 Å². The number of benzene rings is 2. The Morgan fingerprint density at radius 1 is 1.10 bits per heavy atom.